The fourth-order valence-electron chi connectivity index (χ4n) is 3.35. The molecular formula is C15H27NO3. The van der Waals surface area contributed by atoms with Crippen molar-refractivity contribution in [3.63, 3.8) is 0 Å². The van der Waals surface area contributed by atoms with Gasteiger partial charge in [-0.1, -0.05) is 13.8 Å². The van der Waals surface area contributed by atoms with Gasteiger partial charge in [0.05, 0.1) is 6.10 Å². The average Bonchev–Trinajstić information content (AvgIpc) is 2.37. The highest BCUT2D eigenvalue weighted by Gasteiger charge is 2.32. The van der Waals surface area contributed by atoms with Gasteiger partial charge in [0.15, 0.2) is 0 Å². The molecule has 0 bridgehead atoms. The van der Waals surface area contributed by atoms with E-state index in [1.165, 1.54) is 25.7 Å². The molecule has 4 nitrogen and oxygen atoms in total. The fraction of sp³-hybridized carbons (Fsp3) is 0.933. The van der Waals surface area contributed by atoms with Gasteiger partial charge >= 0.3 is 5.97 Å². The van der Waals surface area contributed by atoms with Gasteiger partial charge in [-0.3, -0.25) is 0 Å². The van der Waals surface area contributed by atoms with Crippen molar-refractivity contribution in [2.24, 2.45) is 5.41 Å². The van der Waals surface area contributed by atoms with E-state index >= 15 is 0 Å². The highest BCUT2D eigenvalue weighted by atomic mass is 16.5. The zero-order valence-electron chi connectivity index (χ0n) is 12.2. The molecule has 1 saturated carbocycles. The van der Waals surface area contributed by atoms with Crippen LogP contribution in [-0.2, 0) is 9.53 Å². The van der Waals surface area contributed by atoms with Gasteiger partial charge < -0.3 is 14.7 Å². The second kappa shape index (κ2) is 6.23. The number of hydrogen-bond acceptors (Lipinski definition) is 3. The van der Waals surface area contributed by atoms with E-state index in [0.717, 1.165) is 32.0 Å². The molecule has 0 aromatic rings. The summed E-state index contributed by atoms with van der Waals surface area (Å²) in [5, 5.41) is 8.61. The molecule has 0 amide bonds. The number of carboxylic acid groups (broad SMARTS) is 1. The molecule has 2 rings (SSSR count). The topological polar surface area (TPSA) is 49.8 Å². The summed E-state index contributed by atoms with van der Waals surface area (Å²) in [5.74, 6) is -0.864. The van der Waals surface area contributed by atoms with Gasteiger partial charge in [0.2, 0.25) is 0 Å². The Morgan fingerprint density at radius 2 is 1.79 bits per heavy atom. The van der Waals surface area contributed by atoms with E-state index in [4.69, 9.17) is 9.84 Å². The van der Waals surface area contributed by atoms with Crippen molar-refractivity contribution in [1.82, 2.24) is 4.90 Å². The number of ether oxygens (including phenoxy) is 1. The number of carbonyl (C=O) groups is 1. The fourth-order valence-corrected chi connectivity index (χ4v) is 3.35. The van der Waals surface area contributed by atoms with Gasteiger partial charge in [-0.25, -0.2) is 4.79 Å². The molecular weight excluding hydrogens is 242 g/mol. The number of piperidine rings is 1. The summed E-state index contributed by atoms with van der Waals surface area (Å²) in [5.41, 5.74) is 0.527. The molecule has 2 fully saturated rings. The highest BCUT2D eigenvalue weighted by molar-refractivity contribution is 5.68. The van der Waals surface area contributed by atoms with Crippen molar-refractivity contribution in [3.8, 4) is 0 Å². The summed E-state index contributed by atoms with van der Waals surface area (Å²) in [7, 11) is 0. The predicted molar refractivity (Wildman–Crippen MR) is 74.2 cm³/mol. The maximum atomic E-state index is 10.5. The molecule has 0 aromatic heterocycles. The molecule has 110 valence electrons. The van der Waals surface area contributed by atoms with Gasteiger partial charge in [0.1, 0.15) is 6.61 Å². The normalized spacial score (nSPS) is 26.4. The predicted octanol–water partition coefficient (Wildman–Crippen LogP) is 2.52. The van der Waals surface area contributed by atoms with Gasteiger partial charge in [-0.2, -0.15) is 0 Å². The molecule has 2 aliphatic rings. The Morgan fingerprint density at radius 3 is 2.32 bits per heavy atom. The Bertz CT molecular complexity index is 299. The Kier molecular flexibility index (Phi) is 4.85. The van der Waals surface area contributed by atoms with E-state index in [-0.39, 0.29) is 12.7 Å². The zero-order valence-corrected chi connectivity index (χ0v) is 12.2. The van der Waals surface area contributed by atoms with Crippen molar-refractivity contribution in [3.05, 3.63) is 0 Å². The quantitative estimate of drug-likeness (QED) is 0.852. The van der Waals surface area contributed by atoms with Gasteiger partial charge in [-0.15, -0.1) is 0 Å². The average molecular weight is 269 g/mol. The number of hydrogen-bond donors (Lipinski definition) is 1. The summed E-state index contributed by atoms with van der Waals surface area (Å²) in [6.45, 7) is 6.72. The molecule has 1 saturated heterocycles. The highest BCUT2D eigenvalue weighted by Crippen LogP contribution is 2.37. The van der Waals surface area contributed by atoms with E-state index < -0.39 is 5.97 Å². The molecule has 0 radical (unpaired) electrons. The van der Waals surface area contributed by atoms with Crippen molar-refractivity contribution < 1.29 is 14.6 Å². The van der Waals surface area contributed by atoms with Crippen LogP contribution in [0.4, 0.5) is 0 Å². The molecule has 1 N–H and O–H groups in total. The molecule has 0 atom stereocenters. The molecule has 0 unspecified atom stereocenters. The smallest absolute Gasteiger partial charge is 0.329 e. The van der Waals surface area contributed by atoms with Crippen LogP contribution in [0.25, 0.3) is 0 Å². The third kappa shape index (κ3) is 4.46. The van der Waals surface area contributed by atoms with E-state index in [9.17, 15) is 4.79 Å². The monoisotopic (exact) mass is 269 g/mol. The second-order valence-electron chi connectivity index (χ2n) is 6.84. The molecule has 1 heterocycles. The lowest BCUT2D eigenvalue weighted by molar-refractivity contribution is -0.145. The summed E-state index contributed by atoms with van der Waals surface area (Å²) >= 11 is 0. The first-order valence-electron chi connectivity index (χ1n) is 7.54. The van der Waals surface area contributed by atoms with E-state index in [1.807, 2.05) is 0 Å². The third-order valence-electron chi connectivity index (χ3n) is 4.74. The van der Waals surface area contributed by atoms with Gasteiger partial charge in [0, 0.05) is 19.1 Å². The minimum Gasteiger partial charge on any atom is -0.480 e. The molecule has 1 aliphatic heterocycles. The molecule has 4 heteroatoms. The van der Waals surface area contributed by atoms with Gasteiger partial charge in [0.25, 0.3) is 0 Å². The van der Waals surface area contributed by atoms with Crippen LogP contribution in [-0.4, -0.2) is 47.8 Å². The minimum absolute atomic E-state index is 0.146. The zero-order chi connectivity index (χ0) is 13.9. The standard InChI is InChI=1S/C15H27NO3/c1-15(2)7-3-12(4-8-15)16-9-5-13(6-10-16)19-11-14(17)18/h12-13H,3-11H2,1-2H3,(H,17,18). The van der Waals surface area contributed by atoms with Crippen LogP contribution in [0.15, 0.2) is 0 Å². The minimum atomic E-state index is -0.864. The first-order valence-corrected chi connectivity index (χ1v) is 7.54. The Hall–Kier alpha value is -0.610. The maximum absolute atomic E-state index is 10.5. The Balaban J connectivity index is 1.70. The number of aliphatic carboxylic acids is 1. The van der Waals surface area contributed by atoms with Crippen molar-refractivity contribution in [2.45, 2.75) is 64.5 Å². The largest absolute Gasteiger partial charge is 0.480 e. The van der Waals surface area contributed by atoms with E-state index in [1.54, 1.807) is 0 Å². The Labute approximate surface area is 116 Å². The molecule has 0 spiro atoms. The van der Waals surface area contributed by atoms with E-state index in [0.29, 0.717) is 5.41 Å². The second-order valence-corrected chi connectivity index (χ2v) is 6.84. The summed E-state index contributed by atoms with van der Waals surface area (Å²) < 4.78 is 5.39. The lowest BCUT2D eigenvalue weighted by Crippen LogP contribution is -2.45. The van der Waals surface area contributed by atoms with Crippen LogP contribution in [0.1, 0.15) is 52.4 Å². The number of nitrogens with zero attached hydrogens (tertiary/aromatic N) is 1. The molecule has 19 heavy (non-hydrogen) atoms. The molecule has 1 aliphatic carbocycles. The third-order valence-corrected chi connectivity index (χ3v) is 4.74. The lowest BCUT2D eigenvalue weighted by atomic mass is 9.75. The van der Waals surface area contributed by atoms with Crippen molar-refractivity contribution >= 4 is 5.97 Å². The van der Waals surface area contributed by atoms with E-state index in [2.05, 4.69) is 18.7 Å². The van der Waals surface area contributed by atoms with Crippen LogP contribution in [0, 0.1) is 5.41 Å². The van der Waals surface area contributed by atoms with Gasteiger partial charge in [-0.05, 0) is 43.9 Å². The van der Waals surface area contributed by atoms with Crippen molar-refractivity contribution in [1.29, 1.82) is 0 Å². The summed E-state index contributed by atoms with van der Waals surface area (Å²) in [6.07, 6.45) is 7.38. The first kappa shape index (κ1) is 14.8. The SMILES string of the molecule is CC1(C)CCC(N2CCC(OCC(=O)O)CC2)CC1. The number of carboxylic acids is 1. The van der Waals surface area contributed by atoms with Crippen LogP contribution >= 0.6 is 0 Å². The van der Waals surface area contributed by atoms with Crippen LogP contribution in [0.3, 0.4) is 0 Å². The first-order chi connectivity index (χ1) is 8.96. The summed E-state index contributed by atoms with van der Waals surface area (Å²) in [6, 6.07) is 0.744. The van der Waals surface area contributed by atoms with Crippen molar-refractivity contribution in [2.75, 3.05) is 19.7 Å². The van der Waals surface area contributed by atoms with Crippen LogP contribution < -0.4 is 0 Å². The summed E-state index contributed by atoms with van der Waals surface area (Å²) in [4.78, 5) is 13.1. The van der Waals surface area contributed by atoms with Crippen LogP contribution in [0.5, 0.6) is 0 Å². The number of rotatable bonds is 4. The van der Waals surface area contributed by atoms with Crippen LogP contribution in [0.2, 0.25) is 0 Å². The Morgan fingerprint density at radius 1 is 1.21 bits per heavy atom. The lowest BCUT2D eigenvalue weighted by Gasteiger charge is -2.42. The molecule has 0 aromatic carbocycles. The maximum Gasteiger partial charge on any atom is 0.329 e. The number of likely N-dealkylation sites (tertiary alicyclic amines) is 1.